The van der Waals surface area contributed by atoms with E-state index >= 15 is 0 Å². The summed E-state index contributed by atoms with van der Waals surface area (Å²) in [6.07, 6.45) is 6.43. The molecule has 0 bridgehead atoms. The minimum atomic E-state index is -1.36. The number of azide groups is 2. The Morgan fingerprint density at radius 2 is 1.50 bits per heavy atom. The second kappa shape index (κ2) is 18.7. The lowest BCUT2D eigenvalue weighted by molar-refractivity contribution is -0.176. The van der Waals surface area contributed by atoms with Gasteiger partial charge in [-0.05, 0) is 48.8 Å². The SMILES string of the molecule is CCCCOC[C@H]1O[C@@H](n2cnc3c(N=[N+]=[N-])ncnc32)[C@](C)(N=[N+]=[N-])[C@H](OCCCC)[C@@H](OCCCC)[C@@H]1OCCCC. The number of aromatic nitrogens is 4. The third-order valence-electron chi connectivity index (χ3n) is 7.70. The summed E-state index contributed by atoms with van der Waals surface area (Å²) < 4.78 is 34.5. The first kappa shape index (κ1) is 35.4. The van der Waals surface area contributed by atoms with Crippen LogP contribution in [0.5, 0.6) is 0 Å². The van der Waals surface area contributed by atoms with Crippen LogP contribution in [0, 0.1) is 0 Å². The second-order valence-electron chi connectivity index (χ2n) is 11.1. The minimum Gasteiger partial charge on any atom is -0.379 e. The highest BCUT2D eigenvalue weighted by Gasteiger charge is 2.56. The second-order valence-corrected chi connectivity index (χ2v) is 11.1. The molecule has 3 rings (SSSR count). The van der Waals surface area contributed by atoms with Crippen molar-refractivity contribution < 1.29 is 23.7 Å². The van der Waals surface area contributed by atoms with Crippen LogP contribution in [0.3, 0.4) is 0 Å². The summed E-state index contributed by atoms with van der Waals surface area (Å²) in [6, 6.07) is 0. The van der Waals surface area contributed by atoms with Crippen molar-refractivity contribution in [3.8, 4) is 0 Å². The number of imidazole rings is 1. The van der Waals surface area contributed by atoms with Crippen LogP contribution in [0.2, 0.25) is 0 Å². The van der Waals surface area contributed by atoms with Gasteiger partial charge in [0.2, 0.25) is 0 Å². The molecule has 2 aromatic rings. The van der Waals surface area contributed by atoms with Crippen LogP contribution in [-0.2, 0) is 23.7 Å². The van der Waals surface area contributed by atoms with Crippen molar-refractivity contribution in [1.82, 2.24) is 19.5 Å². The van der Waals surface area contributed by atoms with Crippen LogP contribution in [0.15, 0.2) is 22.9 Å². The van der Waals surface area contributed by atoms with E-state index < -0.39 is 36.2 Å². The van der Waals surface area contributed by atoms with Crippen LogP contribution in [0.1, 0.15) is 92.2 Å². The van der Waals surface area contributed by atoms with Gasteiger partial charge < -0.3 is 23.7 Å². The quantitative estimate of drug-likeness (QED) is 0.0651. The molecule has 1 fully saturated rings. The molecule has 6 atom stereocenters. The van der Waals surface area contributed by atoms with Crippen molar-refractivity contribution >= 4 is 17.0 Å². The predicted octanol–water partition coefficient (Wildman–Crippen LogP) is 7.11. The van der Waals surface area contributed by atoms with Crippen molar-refractivity contribution in [2.24, 2.45) is 10.2 Å². The Balaban J connectivity index is 2.24. The minimum absolute atomic E-state index is 0.0760. The van der Waals surface area contributed by atoms with Gasteiger partial charge in [0.1, 0.15) is 41.8 Å². The summed E-state index contributed by atoms with van der Waals surface area (Å²) in [5.41, 5.74) is 18.3. The average molecular weight is 617 g/mol. The molecule has 0 radical (unpaired) electrons. The Bertz CT molecular complexity index is 1230. The molecule has 3 heterocycles. The van der Waals surface area contributed by atoms with Gasteiger partial charge in [-0.25, -0.2) is 15.0 Å². The highest BCUT2D eigenvalue weighted by atomic mass is 16.6. The predicted molar refractivity (Wildman–Crippen MR) is 165 cm³/mol. The molecular weight excluding hydrogens is 568 g/mol. The normalized spacial score (nSPS) is 25.3. The van der Waals surface area contributed by atoms with Gasteiger partial charge in [0.25, 0.3) is 0 Å². The maximum Gasteiger partial charge on any atom is 0.165 e. The molecule has 1 saturated heterocycles. The highest BCUT2D eigenvalue weighted by Crippen LogP contribution is 2.43. The van der Waals surface area contributed by atoms with E-state index in [9.17, 15) is 5.53 Å². The maximum atomic E-state index is 9.96. The third-order valence-corrected chi connectivity index (χ3v) is 7.70. The van der Waals surface area contributed by atoms with Gasteiger partial charge in [-0.3, -0.25) is 4.57 Å². The first-order valence-electron chi connectivity index (χ1n) is 15.9. The molecule has 1 aliphatic heterocycles. The number of hydrogen-bond donors (Lipinski definition) is 0. The van der Waals surface area contributed by atoms with Crippen LogP contribution in [0.4, 0.5) is 5.82 Å². The fourth-order valence-electron chi connectivity index (χ4n) is 5.22. The molecule has 0 N–H and O–H groups in total. The molecule has 244 valence electrons. The average Bonchev–Trinajstić information content (AvgIpc) is 3.42. The van der Waals surface area contributed by atoms with E-state index in [2.05, 4.69) is 62.7 Å². The van der Waals surface area contributed by atoms with E-state index in [4.69, 9.17) is 29.2 Å². The Morgan fingerprint density at radius 1 is 0.864 bits per heavy atom. The number of nitrogens with zero attached hydrogens (tertiary/aromatic N) is 10. The maximum absolute atomic E-state index is 9.96. The zero-order valence-corrected chi connectivity index (χ0v) is 26.7. The van der Waals surface area contributed by atoms with E-state index in [-0.39, 0.29) is 17.9 Å². The lowest BCUT2D eigenvalue weighted by Gasteiger charge is -2.41. The van der Waals surface area contributed by atoms with E-state index in [1.54, 1.807) is 11.5 Å². The Kier molecular flexibility index (Phi) is 15.1. The monoisotopic (exact) mass is 616 g/mol. The van der Waals surface area contributed by atoms with E-state index in [0.717, 1.165) is 51.4 Å². The van der Waals surface area contributed by atoms with Gasteiger partial charge in [0.15, 0.2) is 17.7 Å². The standard InChI is InChI=1S/C29H48N10O5/c1-6-10-14-40-18-21-23(41-15-11-7-2)24(42-16-12-8-3)25(43-17-13-9-4)29(5,36-38-31)28(44-21)39-20-34-22-26(35-37-30)32-19-33-27(22)39/h19-21,23-25,28H,6-18H2,1-5H3/t21-,23-,24+,25-,28-,29-/m1/s1. The summed E-state index contributed by atoms with van der Waals surface area (Å²) >= 11 is 0. The fraction of sp³-hybridized carbons (Fsp3) is 0.828. The van der Waals surface area contributed by atoms with Crippen LogP contribution >= 0.6 is 0 Å². The zero-order valence-electron chi connectivity index (χ0n) is 26.7. The van der Waals surface area contributed by atoms with Crippen molar-refractivity contribution in [1.29, 1.82) is 0 Å². The van der Waals surface area contributed by atoms with E-state index in [1.165, 1.54) is 12.7 Å². The first-order valence-corrected chi connectivity index (χ1v) is 15.9. The summed E-state index contributed by atoms with van der Waals surface area (Å²) in [5.74, 6) is 0.0760. The molecule has 0 aromatic carbocycles. The number of rotatable bonds is 20. The van der Waals surface area contributed by atoms with Crippen molar-refractivity contribution in [2.45, 2.75) is 122 Å². The summed E-state index contributed by atoms with van der Waals surface area (Å²) in [4.78, 5) is 19.1. The number of hydrogen-bond acceptors (Lipinski definition) is 10. The molecular formula is C29H48N10O5. The zero-order chi connectivity index (χ0) is 31.8. The van der Waals surface area contributed by atoms with Crippen molar-refractivity contribution in [3.05, 3.63) is 33.5 Å². The van der Waals surface area contributed by atoms with Crippen molar-refractivity contribution in [2.75, 3.05) is 33.0 Å². The largest absolute Gasteiger partial charge is 0.379 e. The molecule has 0 saturated carbocycles. The molecule has 15 heteroatoms. The van der Waals surface area contributed by atoms with Crippen molar-refractivity contribution in [3.63, 3.8) is 0 Å². The Morgan fingerprint density at radius 3 is 2.14 bits per heavy atom. The third kappa shape index (κ3) is 8.79. The van der Waals surface area contributed by atoms with E-state index in [1.807, 2.05) is 0 Å². The molecule has 0 spiro atoms. The van der Waals surface area contributed by atoms with Gasteiger partial charge in [0, 0.05) is 36.3 Å². The fourth-order valence-corrected chi connectivity index (χ4v) is 5.22. The van der Waals surface area contributed by atoms with E-state index in [0.29, 0.717) is 32.1 Å². The smallest absolute Gasteiger partial charge is 0.165 e. The molecule has 2 aromatic heterocycles. The molecule has 0 unspecified atom stereocenters. The topological polar surface area (TPSA) is 187 Å². The molecule has 44 heavy (non-hydrogen) atoms. The summed E-state index contributed by atoms with van der Waals surface area (Å²) in [6.45, 7) is 12.4. The van der Waals surface area contributed by atoms with Crippen LogP contribution < -0.4 is 0 Å². The highest BCUT2D eigenvalue weighted by molar-refractivity contribution is 5.80. The Hall–Kier alpha value is -3.03. The molecule has 0 amide bonds. The molecule has 0 aliphatic carbocycles. The van der Waals surface area contributed by atoms with Gasteiger partial charge in [-0.2, -0.15) is 0 Å². The summed E-state index contributed by atoms with van der Waals surface area (Å²) in [5, 5.41) is 8.05. The number of ether oxygens (including phenoxy) is 5. The lowest BCUT2D eigenvalue weighted by atomic mass is 9.87. The van der Waals surface area contributed by atoms with Crippen LogP contribution in [0.25, 0.3) is 32.0 Å². The Labute approximate surface area is 259 Å². The van der Waals surface area contributed by atoms with Gasteiger partial charge in [0.05, 0.1) is 12.9 Å². The number of unbranched alkanes of at least 4 members (excludes halogenated alkanes) is 4. The van der Waals surface area contributed by atoms with Crippen LogP contribution in [-0.4, -0.2) is 82.5 Å². The lowest BCUT2D eigenvalue weighted by Crippen LogP contribution is -2.55. The van der Waals surface area contributed by atoms with Gasteiger partial charge >= 0.3 is 0 Å². The number of fused-ring (bicyclic) bond motifs is 1. The van der Waals surface area contributed by atoms with Gasteiger partial charge in [-0.1, -0.05) is 58.5 Å². The molecule has 1 aliphatic rings. The molecule has 15 nitrogen and oxygen atoms in total. The summed E-state index contributed by atoms with van der Waals surface area (Å²) in [7, 11) is 0. The first-order chi connectivity index (χ1) is 21.5. The van der Waals surface area contributed by atoms with Gasteiger partial charge in [-0.15, -0.1) is 0 Å².